The van der Waals surface area contributed by atoms with Gasteiger partial charge in [0.25, 0.3) is 0 Å². The molecule has 6 rings (SSSR count). The highest BCUT2D eigenvalue weighted by Gasteiger charge is 2.28. The average molecular weight is 802 g/mol. The zero-order chi connectivity index (χ0) is 35.5. The summed E-state index contributed by atoms with van der Waals surface area (Å²) in [4.78, 5) is 27.9. The quantitative estimate of drug-likeness (QED) is 0.0991. The van der Waals surface area contributed by atoms with Gasteiger partial charge in [-0.1, -0.05) is 60.7 Å². The molecule has 0 aromatic heterocycles. The summed E-state index contributed by atoms with van der Waals surface area (Å²) in [7, 11) is 7.40. The van der Waals surface area contributed by atoms with Gasteiger partial charge in [-0.3, -0.25) is 0 Å². The zero-order valence-electron chi connectivity index (χ0n) is 27.6. The van der Waals surface area contributed by atoms with Crippen LogP contribution in [0.1, 0.15) is 20.7 Å². The van der Waals surface area contributed by atoms with Crippen molar-refractivity contribution in [2.45, 2.75) is 0 Å². The summed E-state index contributed by atoms with van der Waals surface area (Å²) in [6.45, 7) is 0. The summed E-state index contributed by atoms with van der Waals surface area (Å²) in [5, 5.41) is 3.30. The normalized spacial score (nSPS) is 10.9. The second-order valence-electron chi connectivity index (χ2n) is 10.8. The van der Waals surface area contributed by atoms with Crippen LogP contribution >= 0.6 is 31.9 Å². The van der Waals surface area contributed by atoms with E-state index in [-0.39, 0.29) is 34.1 Å². The number of carbonyl (C=O) groups is 2. The highest BCUT2D eigenvalue weighted by Crippen LogP contribution is 2.48. The Bertz CT molecular complexity index is 2280. The topological polar surface area (TPSA) is 98.8 Å². The van der Waals surface area contributed by atoms with E-state index in [1.54, 1.807) is 24.3 Å². The summed E-state index contributed by atoms with van der Waals surface area (Å²) in [5.74, 6) is 0.798. The molecular formula is C39H30Br2O9. The van der Waals surface area contributed by atoms with Crippen LogP contribution < -0.4 is 33.2 Å². The number of halogens is 2. The van der Waals surface area contributed by atoms with E-state index in [4.69, 9.17) is 33.2 Å². The molecule has 0 spiro atoms. The lowest BCUT2D eigenvalue weighted by molar-refractivity contribution is 0.0721. The van der Waals surface area contributed by atoms with Gasteiger partial charge in [0.2, 0.25) is 5.75 Å². The fraction of sp³-hybridized carbons (Fsp3) is 0.128. The van der Waals surface area contributed by atoms with Crippen LogP contribution in [-0.4, -0.2) is 47.5 Å². The molecule has 0 heterocycles. The lowest BCUT2D eigenvalue weighted by atomic mass is 9.92. The molecule has 0 atom stereocenters. The van der Waals surface area contributed by atoms with Crippen molar-refractivity contribution < 1.29 is 42.7 Å². The van der Waals surface area contributed by atoms with E-state index in [1.165, 1.54) is 41.6 Å². The Morgan fingerprint density at radius 2 is 0.920 bits per heavy atom. The first-order valence-corrected chi connectivity index (χ1v) is 16.7. The highest BCUT2D eigenvalue weighted by atomic mass is 79.9. The number of carbonyl (C=O) groups excluding carboxylic acids is 2. The SMILES string of the molecule is COc1ccc(C(=O)Oc2ccc3ccccc3c2-c2c(OC(=O)c3cc(OC)c(OC)c(OC)c3Br)ccc3ccccc23)c(Br)c1OC. The van der Waals surface area contributed by atoms with Crippen molar-refractivity contribution in [3.63, 3.8) is 0 Å². The van der Waals surface area contributed by atoms with Gasteiger partial charge in [-0.25, -0.2) is 9.59 Å². The Morgan fingerprint density at radius 1 is 0.460 bits per heavy atom. The van der Waals surface area contributed by atoms with Gasteiger partial charge in [-0.2, -0.15) is 0 Å². The number of benzene rings is 6. The fourth-order valence-electron chi connectivity index (χ4n) is 5.82. The van der Waals surface area contributed by atoms with Gasteiger partial charge in [0.15, 0.2) is 23.0 Å². The number of hydrogen-bond acceptors (Lipinski definition) is 9. The summed E-state index contributed by atoms with van der Waals surface area (Å²) in [5.41, 5.74) is 1.46. The van der Waals surface area contributed by atoms with Crippen molar-refractivity contribution in [3.05, 3.63) is 111 Å². The maximum Gasteiger partial charge on any atom is 0.344 e. The minimum absolute atomic E-state index is 0.140. The molecule has 0 saturated heterocycles. The predicted molar refractivity (Wildman–Crippen MR) is 198 cm³/mol. The number of rotatable bonds is 10. The number of esters is 2. The van der Waals surface area contributed by atoms with Crippen LogP contribution in [0, 0.1) is 0 Å². The maximum atomic E-state index is 14.0. The summed E-state index contributed by atoms with van der Waals surface area (Å²) < 4.78 is 40.5. The largest absolute Gasteiger partial charge is 0.493 e. The van der Waals surface area contributed by atoms with Gasteiger partial charge in [0.05, 0.1) is 55.6 Å². The predicted octanol–water partition coefficient (Wildman–Crippen LogP) is 9.67. The van der Waals surface area contributed by atoms with E-state index in [1.807, 2.05) is 60.7 Å². The van der Waals surface area contributed by atoms with E-state index in [0.717, 1.165) is 21.5 Å². The molecule has 9 nitrogen and oxygen atoms in total. The third kappa shape index (κ3) is 6.18. The Balaban J connectivity index is 1.55. The number of hydrogen-bond donors (Lipinski definition) is 0. The molecule has 254 valence electrons. The van der Waals surface area contributed by atoms with Gasteiger partial charge >= 0.3 is 11.9 Å². The Hall–Kier alpha value is -5.26. The third-order valence-electron chi connectivity index (χ3n) is 8.13. The third-order valence-corrected chi connectivity index (χ3v) is 9.71. The molecule has 0 radical (unpaired) electrons. The maximum absolute atomic E-state index is 14.0. The molecule has 0 amide bonds. The number of ether oxygens (including phenoxy) is 7. The first-order chi connectivity index (χ1) is 24.3. The Morgan fingerprint density at radius 3 is 1.42 bits per heavy atom. The minimum atomic E-state index is -0.694. The molecule has 11 heteroatoms. The molecule has 0 fully saturated rings. The van der Waals surface area contributed by atoms with Crippen molar-refractivity contribution in [1.29, 1.82) is 0 Å². The van der Waals surface area contributed by atoms with E-state index in [9.17, 15) is 9.59 Å². The van der Waals surface area contributed by atoms with Crippen molar-refractivity contribution >= 4 is 65.3 Å². The molecule has 50 heavy (non-hydrogen) atoms. The molecule has 0 aliphatic heterocycles. The molecular weight excluding hydrogens is 772 g/mol. The van der Waals surface area contributed by atoms with Crippen LogP contribution in [-0.2, 0) is 0 Å². The molecule has 0 saturated carbocycles. The monoisotopic (exact) mass is 800 g/mol. The van der Waals surface area contributed by atoms with Crippen molar-refractivity contribution in [2.75, 3.05) is 35.5 Å². The molecule has 0 aliphatic rings. The molecule has 0 bridgehead atoms. The van der Waals surface area contributed by atoms with Gasteiger partial charge in [0.1, 0.15) is 11.5 Å². The molecule has 0 N–H and O–H groups in total. The fourth-order valence-corrected chi connectivity index (χ4v) is 7.08. The molecule has 6 aromatic carbocycles. The van der Waals surface area contributed by atoms with Gasteiger partial charge in [-0.15, -0.1) is 0 Å². The summed E-state index contributed by atoms with van der Waals surface area (Å²) in [6, 6.07) is 27.3. The Kier molecular flexibility index (Phi) is 10.2. The van der Waals surface area contributed by atoms with Gasteiger partial charge in [0, 0.05) is 11.1 Å². The van der Waals surface area contributed by atoms with E-state index in [0.29, 0.717) is 37.3 Å². The highest BCUT2D eigenvalue weighted by molar-refractivity contribution is 9.11. The van der Waals surface area contributed by atoms with Crippen LogP contribution in [0.4, 0.5) is 0 Å². The number of fused-ring (bicyclic) bond motifs is 2. The van der Waals surface area contributed by atoms with E-state index in [2.05, 4.69) is 31.9 Å². The summed E-state index contributed by atoms with van der Waals surface area (Å²) >= 11 is 6.98. The number of methoxy groups -OCH3 is 5. The van der Waals surface area contributed by atoms with E-state index >= 15 is 0 Å². The lowest BCUT2D eigenvalue weighted by Crippen LogP contribution is -2.13. The van der Waals surface area contributed by atoms with Crippen molar-refractivity contribution in [2.24, 2.45) is 0 Å². The average Bonchev–Trinajstić information content (AvgIpc) is 3.14. The molecule has 0 aliphatic carbocycles. The van der Waals surface area contributed by atoms with Crippen LogP contribution in [0.25, 0.3) is 32.7 Å². The van der Waals surface area contributed by atoms with Crippen LogP contribution in [0.3, 0.4) is 0 Å². The van der Waals surface area contributed by atoms with E-state index < -0.39 is 11.9 Å². The smallest absolute Gasteiger partial charge is 0.344 e. The summed E-state index contributed by atoms with van der Waals surface area (Å²) in [6.07, 6.45) is 0. The second kappa shape index (κ2) is 14.7. The molecule has 0 unspecified atom stereocenters. The molecule has 6 aromatic rings. The first-order valence-electron chi connectivity index (χ1n) is 15.1. The van der Waals surface area contributed by atoms with Crippen LogP contribution in [0.2, 0.25) is 0 Å². The van der Waals surface area contributed by atoms with Crippen molar-refractivity contribution in [3.8, 4) is 51.4 Å². The standard InChI is InChI=1S/C39H30Br2O9/c1-44-29-19-16-25(33(40)35(29)46-3)38(42)49-27-17-14-21-10-6-8-12-23(21)31(27)32-24-13-9-7-11-22(24)15-18-28(32)50-39(43)26-20-30(45-2)36(47-4)37(48-5)34(26)41/h6-20H,1-5H3. The van der Waals surface area contributed by atoms with Crippen molar-refractivity contribution in [1.82, 2.24) is 0 Å². The second-order valence-corrected chi connectivity index (χ2v) is 12.4. The first kappa shape index (κ1) is 34.6. The van der Waals surface area contributed by atoms with Crippen LogP contribution in [0.5, 0.6) is 40.2 Å². The van der Waals surface area contributed by atoms with Gasteiger partial charge in [-0.05, 0) is 83.7 Å². The van der Waals surface area contributed by atoms with Crippen LogP contribution in [0.15, 0.2) is 99.9 Å². The minimum Gasteiger partial charge on any atom is -0.493 e. The Labute approximate surface area is 304 Å². The van der Waals surface area contributed by atoms with Gasteiger partial charge < -0.3 is 33.2 Å². The zero-order valence-corrected chi connectivity index (χ0v) is 30.8. The lowest BCUT2D eigenvalue weighted by Gasteiger charge is -2.20.